The number of methoxy groups -OCH3 is 1. The Morgan fingerprint density at radius 3 is 2.45 bits per heavy atom. The van der Waals surface area contributed by atoms with Gasteiger partial charge in [-0.1, -0.05) is 42.5 Å². The summed E-state index contributed by atoms with van der Waals surface area (Å²) in [4.78, 5) is 15.3. The van der Waals surface area contributed by atoms with E-state index >= 15 is 0 Å². The third kappa shape index (κ3) is 5.03. The van der Waals surface area contributed by atoms with Crippen molar-refractivity contribution < 1.29 is 22.7 Å². The summed E-state index contributed by atoms with van der Waals surface area (Å²) in [5, 5.41) is 0. The maximum atomic E-state index is 13.2. The number of halogens is 3. The molecule has 0 saturated carbocycles. The second kappa shape index (κ2) is 9.51. The lowest BCUT2D eigenvalue weighted by molar-refractivity contribution is -0.137. The molecule has 1 heterocycles. The van der Waals surface area contributed by atoms with Gasteiger partial charge in [0.15, 0.2) is 0 Å². The van der Waals surface area contributed by atoms with Gasteiger partial charge in [0.25, 0.3) is 0 Å². The first-order valence-electron chi connectivity index (χ1n) is 10.6. The zero-order valence-corrected chi connectivity index (χ0v) is 19.2. The molecule has 1 unspecified atom stereocenters. The number of fused-ring (bicyclic) bond motifs is 1. The molecule has 172 valence electrons. The minimum absolute atomic E-state index is 0.122. The standard InChI is InChI=1S/C26H24F3NO2S/c1-17(31)30-13-12-19-14-21(33-16-18-6-4-3-5-7-18)9-11-22(19)25(30)23-10-8-20(26(27,28)29)15-24(23)32-2/h3-11,14-15,25H,12-13,16H2,1-2H3. The highest BCUT2D eigenvalue weighted by molar-refractivity contribution is 7.98. The maximum absolute atomic E-state index is 13.2. The van der Waals surface area contributed by atoms with Crippen molar-refractivity contribution in [3.63, 3.8) is 0 Å². The van der Waals surface area contributed by atoms with Crippen molar-refractivity contribution in [2.75, 3.05) is 13.7 Å². The number of rotatable bonds is 5. The van der Waals surface area contributed by atoms with Gasteiger partial charge in [0.2, 0.25) is 5.91 Å². The van der Waals surface area contributed by atoms with Crippen molar-refractivity contribution >= 4 is 17.7 Å². The topological polar surface area (TPSA) is 29.5 Å². The number of hydrogen-bond acceptors (Lipinski definition) is 3. The van der Waals surface area contributed by atoms with E-state index in [0.717, 1.165) is 33.9 Å². The highest BCUT2D eigenvalue weighted by atomic mass is 32.2. The smallest absolute Gasteiger partial charge is 0.416 e. The van der Waals surface area contributed by atoms with Gasteiger partial charge < -0.3 is 9.64 Å². The number of thioether (sulfide) groups is 1. The normalized spacial score (nSPS) is 15.8. The Kier molecular flexibility index (Phi) is 6.70. The second-order valence-corrected chi connectivity index (χ2v) is 9.00. The molecule has 0 bridgehead atoms. The Morgan fingerprint density at radius 2 is 1.79 bits per heavy atom. The molecule has 1 aliphatic heterocycles. The lowest BCUT2D eigenvalue weighted by atomic mass is 9.87. The van der Waals surface area contributed by atoms with Crippen LogP contribution in [-0.2, 0) is 23.1 Å². The molecule has 3 aromatic carbocycles. The molecular formula is C26H24F3NO2S. The van der Waals surface area contributed by atoms with Crippen molar-refractivity contribution in [3.05, 3.63) is 94.5 Å². The molecule has 33 heavy (non-hydrogen) atoms. The molecular weight excluding hydrogens is 447 g/mol. The van der Waals surface area contributed by atoms with Crippen LogP contribution in [0, 0.1) is 0 Å². The number of benzene rings is 3. The van der Waals surface area contributed by atoms with Crippen molar-refractivity contribution in [3.8, 4) is 5.75 Å². The van der Waals surface area contributed by atoms with Crippen molar-refractivity contribution in [2.24, 2.45) is 0 Å². The molecule has 0 spiro atoms. The number of carbonyl (C=O) groups is 1. The number of amides is 1. The summed E-state index contributed by atoms with van der Waals surface area (Å²) in [6.45, 7) is 1.97. The lowest BCUT2D eigenvalue weighted by Crippen LogP contribution is -2.39. The number of carbonyl (C=O) groups excluding carboxylic acids is 1. The first-order valence-corrected chi connectivity index (χ1v) is 11.6. The molecule has 0 fully saturated rings. The third-order valence-corrected chi connectivity index (χ3v) is 6.92. The molecule has 0 N–H and O–H groups in total. The lowest BCUT2D eigenvalue weighted by Gasteiger charge is -2.38. The number of hydrogen-bond donors (Lipinski definition) is 0. The van der Waals surface area contributed by atoms with Crippen LogP contribution in [0.15, 0.2) is 71.6 Å². The molecule has 0 radical (unpaired) electrons. The Balaban J connectivity index is 1.70. The Bertz CT molecular complexity index is 1150. The van der Waals surface area contributed by atoms with E-state index in [1.807, 2.05) is 30.3 Å². The molecule has 1 amide bonds. The minimum Gasteiger partial charge on any atom is -0.496 e. The van der Waals surface area contributed by atoms with E-state index in [9.17, 15) is 18.0 Å². The van der Waals surface area contributed by atoms with Gasteiger partial charge in [-0.3, -0.25) is 4.79 Å². The van der Waals surface area contributed by atoms with Crippen LogP contribution in [0.25, 0.3) is 0 Å². The van der Waals surface area contributed by atoms with E-state index in [1.54, 1.807) is 16.7 Å². The van der Waals surface area contributed by atoms with Crippen LogP contribution in [0.5, 0.6) is 5.75 Å². The van der Waals surface area contributed by atoms with Gasteiger partial charge in [-0.15, -0.1) is 11.8 Å². The number of alkyl halides is 3. The molecule has 1 aliphatic rings. The SMILES string of the molecule is COc1cc(C(F)(F)F)ccc1C1c2ccc(SCc3ccccc3)cc2CCN1C(C)=O. The summed E-state index contributed by atoms with van der Waals surface area (Å²) in [6, 6.07) is 19.3. The Labute approximate surface area is 195 Å². The third-order valence-electron chi connectivity index (χ3n) is 5.85. The van der Waals surface area contributed by atoms with Gasteiger partial charge in [-0.25, -0.2) is 0 Å². The molecule has 4 rings (SSSR count). The van der Waals surface area contributed by atoms with Gasteiger partial charge >= 0.3 is 6.18 Å². The molecule has 0 aromatic heterocycles. The fourth-order valence-electron chi connectivity index (χ4n) is 4.22. The van der Waals surface area contributed by atoms with E-state index in [2.05, 4.69) is 18.2 Å². The van der Waals surface area contributed by atoms with Gasteiger partial charge in [0.1, 0.15) is 5.75 Å². The molecule has 3 nitrogen and oxygen atoms in total. The molecule has 3 aromatic rings. The highest BCUT2D eigenvalue weighted by Gasteiger charge is 2.35. The van der Waals surface area contributed by atoms with Crippen molar-refractivity contribution in [1.82, 2.24) is 4.90 Å². The predicted octanol–water partition coefficient (Wildman–Crippen LogP) is 6.50. The maximum Gasteiger partial charge on any atom is 0.416 e. The predicted molar refractivity (Wildman–Crippen MR) is 123 cm³/mol. The fraction of sp³-hybridized carbons (Fsp3) is 0.269. The Hall–Kier alpha value is -2.93. The summed E-state index contributed by atoms with van der Waals surface area (Å²) in [5.74, 6) is 0.835. The van der Waals surface area contributed by atoms with Crippen molar-refractivity contribution in [1.29, 1.82) is 0 Å². The summed E-state index contributed by atoms with van der Waals surface area (Å²) in [5.41, 5.74) is 3.01. The van der Waals surface area contributed by atoms with E-state index in [-0.39, 0.29) is 11.7 Å². The monoisotopic (exact) mass is 471 g/mol. The molecule has 0 aliphatic carbocycles. The van der Waals surface area contributed by atoms with Gasteiger partial charge in [0, 0.05) is 29.7 Å². The summed E-state index contributed by atoms with van der Waals surface area (Å²) < 4.78 is 45.1. The van der Waals surface area contributed by atoms with Crippen LogP contribution in [0.4, 0.5) is 13.2 Å². The van der Waals surface area contributed by atoms with E-state index in [1.165, 1.54) is 25.7 Å². The van der Waals surface area contributed by atoms with Crippen LogP contribution in [0.3, 0.4) is 0 Å². The number of ether oxygens (including phenoxy) is 1. The van der Waals surface area contributed by atoms with Gasteiger partial charge in [0.05, 0.1) is 18.7 Å². The van der Waals surface area contributed by atoms with Crippen LogP contribution in [0.2, 0.25) is 0 Å². The van der Waals surface area contributed by atoms with Crippen LogP contribution >= 0.6 is 11.8 Å². The zero-order valence-electron chi connectivity index (χ0n) is 18.4. The highest BCUT2D eigenvalue weighted by Crippen LogP contribution is 2.42. The summed E-state index contributed by atoms with van der Waals surface area (Å²) in [6.07, 6.45) is -3.78. The fourth-order valence-corrected chi connectivity index (χ4v) is 5.14. The summed E-state index contributed by atoms with van der Waals surface area (Å²) >= 11 is 1.73. The Morgan fingerprint density at radius 1 is 1.06 bits per heavy atom. The molecule has 7 heteroatoms. The second-order valence-electron chi connectivity index (χ2n) is 7.95. The summed E-state index contributed by atoms with van der Waals surface area (Å²) in [7, 11) is 1.35. The molecule has 0 saturated heterocycles. The number of nitrogens with zero attached hydrogens (tertiary/aromatic N) is 1. The van der Waals surface area contributed by atoms with E-state index < -0.39 is 17.8 Å². The largest absolute Gasteiger partial charge is 0.496 e. The van der Waals surface area contributed by atoms with Crippen LogP contribution in [0.1, 0.15) is 40.8 Å². The quantitative estimate of drug-likeness (QED) is 0.398. The first kappa shape index (κ1) is 23.2. The molecule has 1 atom stereocenters. The van der Waals surface area contributed by atoms with Crippen molar-refractivity contribution in [2.45, 2.75) is 36.2 Å². The van der Waals surface area contributed by atoms with Crippen LogP contribution < -0.4 is 4.74 Å². The van der Waals surface area contributed by atoms with Crippen LogP contribution in [-0.4, -0.2) is 24.5 Å². The van der Waals surface area contributed by atoms with Gasteiger partial charge in [-0.2, -0.15) is 13.2 Å². The average molecular weight is 472 g/mol. The van der Waals surface area contributed by atoms with Gasteiger partial charge in [-0.05, 0) is 47.4 Å². The van der Waals surface area contributed by atoms with E-state index in [4.69, 9.17) is 4.74 Å². The zero-order chi connectivity index (χ0) is 23.6. The average Bonchev–Trinajstić information content (AvgIpc) is 2.81. The minimum atomic E-state index is -4.47. The first-order chi connectivity index (χ1) is 15.8. The van der Waals surface area contributed by atoms with E-state index in [0.29, 0.717) is 18.5 Å².